The molecule has 0 saturated carbocycles. The third-order valence-electron chi connectivity index (χ3n) is 4.39. The van der Waals surface area contributed by atoms with Gasteiger partial charge in [0.1, 0.15) is 18.7 Å². The highest BCUT2D eigenvalue weighted by atomic mass is 32.2. The SMILES string of the molecule is CC[C@@H](C)[C@H](NC(=O)OCc1ccccc1)C(=O)N[C@@H](CCSC)C(=O)OC. The first-order valence-electron chi connectivity index (χ1n) is 9.27. The summed E-state index contributed by atoms with van der Waals surface area (Å²) >= 11 is 1.57. The zero-order valence-corrected chi connectivity index (χ0v) is 17.7. The summed E-state index contributed by atoms with van der Waals surface area (Å²) in [5, 5.41) is 5.33. The molecule has 1 aromatic carbocycles. The molecular weight excluding hydrogens is 380 g/mol. The van der Waals surface area contributed by atoms with Crippen LogP contribution in [-0.2, 0) is 25.7 Å². The molecule has 8 heteroatoms. The highest BCUT2D eigenvalue weighted by molar-refractivity contribution is 7.98. The van der Waals surface area contributed by atoms with Crippen LogP contribution in [0, 0.1) is 5.92 Å². The number of hydrogen-bond acceptors (Lipinski definition) is 6. The van der Waals surface area contributed by atoms with Gasteiger partial charge < -0.3 is 20.1 Å². The van der Waals surface area contributed by atoms with Gasteiger partial charge in [0.15, 0.2) is 0 Å². The number of methoxy groups -OCH3 is 1. The van der Waals surface area contributed by atoms with Crippen molar-refractivity contribution in [3.63, 3.8) is 0 Å². The quantitative estimate of drug-likeness (QED) is 0.545. The van der Waals surface area contributed by atoms with Gasteiger partial charge >= 0.3 is 12.1 Å². The molecule has 0 bridgehead atoms. The van der Waals surface area contributed by atoms with Gasteiger partial charge in [-0.25, -0.2) is 9.59 Å². The number of alkyl carbamates (subject to hydrolysis) is 1. The average Bonchev–Trinajstić information content (AvgIpc) is 2.72. The zero-order chi connectivity index (χ0) is 20.9. The molecule has 0 aliphatic heterocycles. The summed E-state index contributed by atoms with van der Waals surface area (Å²) in [6, 6.07) is 7.72. The van der Waals surface area contributed by atoms with Crippen LogP contribution in [0.1, 0.15) is 32.3 Å². The summed E-state index contributed by atoms with van der Waals surface area (Å²) in [5.41, 5.74) is 0.852. The van der Waals surface area contributed by atoms with E-state index in [9.17, 15) is 14.4 Å². The lowest BCUT2D eigenvalue weighted by Crippen LogP contribution is -2.54. The van der Waals surface area contributed by atoms with Gasteiger partial charge in [0.25, 0.3) is 0 Å². The fraction of sp³-hybridized carbons (Fsp3) is 0.550. The fourth-order valence-corrected chi connectivity index (χ4v) is 2.95. The van der Waals surface area contributed by atoms with Crippen LogP contribution in [0.4, 0.5) is 4.79 Å². The van der Waals surface area contributed by atoms with Crippen LogP contribution in [0.15, 0.2) is 30.3 Å². The van der Waals surface area contributed by atoms with Crippen LogP contribution in [0.5, 0.6) is 0 Å². The standard InChI is InChI=1S/C20H30N2O5S/c1-5-14(2)17(18(23)21-16(11-12-28-4)19(24)26-3)22-20(25)27-13-15-9-7-6-8-10-15/h6-10,14,16-17H,5,11-13H2,1-4H3,(H,21,23)(H,22,25)/t14-,16+,17+/m1/s1. The third kappa shape index (κ3) is 8.21. The van der Waals surface area contributed by atoms with Gasteiger partial charge in [0.05, 0.1) is 7.11 Å². The molecule has 1 rings (SSSR count). The van der Waals surface area contributed by atoms with Crippen molar-refractivity contribution in [1.29, 1.82) is 0 Å². The van der Waals surface area contributed by atoms with Gasteiger partial charge in [-0.2, -0.15) is 11.8 Å². The summed E-state index contributed by atoms with van der Waals surface area (Å²) in [6.45, 7) is 3.89. The Morgan fingerprint density at radius 2 is 1.82 bits per heavy atom. The van der Waals surface area contributed by atoms with E-state index in [4.69, 9.17) is 9.47 Å². The first-order valence-corrected chi connectivity index (χ1v) is 10.7. The lowest BCUT2D eigenvalue weighted by molar-refractivity contribution is -0.145. The molecule has 0 spiro atoms. The summed E-state index contributed by atoms with van der Waals surface area (Å²) < 4.78 is 9.99. The fourth-order valence-electron chi connectivity index (χ4n) is 2.48. The summed E-state index contributed by atoms with van der Waals surface area (Å²) in [6.07, 6.45) is 2.36. The molecular formula is C20H30N2O5S. The van der Waals surface area contributed by atoms with Crippen molar-refractivity contribution in [2.24, 2.45) is 5.92 Å². The Bertz CT molecular complexity index is 626. The molecule has 2 N–H and O–H groups in total. The van der Waals surface area contributed by atoms with Crippen LogP contribution in [0.3, 0.4) is 0 Å². The van der Waals surface area contributed by atoms with E-state index in [0.717, 1.165) is 5.56 Å². The van der Waals surface area contributed by atoms with Crippen LogP contribution in [0.2, 0.25) is 0 Å². The molecule has 1 aromatic rings. The van der Waals surface area contributed by atoms with E-state index >= 15 is 0 Å². The topological polar surface area (TPSA) is 93.7 Å². The number of ether oxygens (including phenoxy) is 2. The predicted molar refractivity (Wildman–Crippen MR) is 110 cm³/mol. The average molecular weight is 411 g/mol. The van der Waals surface area contributed by atoms with Crippen LogP contribution in [-0.4, -0.2) is 49.2 Å². The Balaban J connectivity index is 2.72. The molecule has 2 amide bonds. The van der Waals surface area contributed by atoms with Crippen LogP contribution in [0.25, 0.3) is 0 Å². The molecule has 3 atom stereocenters. The second-order valence-corrected chi connectivity index (χ2v) is 7.42. The van der Waals surface area contributed by atoms with Crippen molar-refractivity contribution in [2.45, 2.75) is 45.4 Å². The number of hydrogen-bond donors (Lipinski definition) is 2. The van der Waals surface area contributed by atoms with E-state index in [1.807, 2.05) is 50.4 Å². The van der Waals surface area contributed by atoms with Gasteiger partial charge in [-0.3, -0.25) is 4.79 Å². The highest BCUT2D eigenvalue weighted by Gasteiger charge is 2.30. The Kier molecular flexibility index (Phi) is 11.1. The van der Waals surface area contributed by atoms with Gasteiger partial charge in [-0.1, -0.05) is 50.6 Å². The Hall–Kier alpha value is -2.22. The van der Waals surface area contributed by atoms with Gasteiger partial charge in [0, 0.05) is 0 Å². The minimum absolute atomic E-state index is 0.111. The number of nitrogens with one attached hydrogen (secondary N) is 2. The van der Waals surface area contributed by atoms with E-state index in [1.165, 1.54) is 7.11 Å². The molecule has 7 nitrogen and oxygen atoms in total. The summed E-state index contributed by atoms with van der Waals surface area (Å²) in [7, 11) is 1.28. The van der Waals surface area contributed by atoms with E-state index in [1.54, 1.807) is 11.8 Å². The van der Waals surface area contributed by atoms with Crippen molar-refractivity contribution in [1.82, 2.24) is 10.6 Å². The molecule has 28 heavy (non-hydrogen) atoms. The second-order valence-electron chi connectivity index (χ2n) is 6.44. The number of thioether (sulfide) groups is 1. The maximum absolute atomic E-state index is 12.8. The molecule has 0 aliphatic carbocycles. The number of carbonyl (C=O) groups excluding carboxylic acids is 3. The predicted octanol–water partition coefficient (Wildman–Crippen LogP) is 2.74. The maximum atomic E-state index is 12.8. The van der Waals surface area contributed by atoms with Crippen molar-refractivity contribution in [2.75, 3.05) is 19.1 Å². The van der Waals surface area contributed by atoms with Crippen LogP contribution >= 0.6 is 11.8 Å². The third-order valence-corrected chi connectivity index (χ3v) is 5.04. The summed E-state index contributed by atoms with van der Waals surface area (Å²) in [4.78, 5) is 36.9. The van der Waals surface area contributed by atoms with E-state index in [0.29, 0.717) is 18.6 Å². The van der Waals surface area contributed by atoms with Gasteiger partial charge in [-0.15, -0.1) is 0 Å². The van der Waals surface area contributed by atoms with Gasteiger partial charge in [-0.05, 0) is 29.9 Å². The van der Waals surface area contributed by atoms with E-state index in [-0.39, 0.29) is 12.5 Å². The minimum atomic E-state index is -0.810. The maximum Gasteiger partial charge on any atom is 0.408 e. The van der Waals surface area contributed by atoms with Crippen LogP contribution < -0.4 is 10.6 Å². The van der Waals surface area contributed by atoms with Gasteiger partial charge in [0.2, 0.25) is 5.91 Å². The van der Waals surface area contributed by atoms with Crippen molar-refractivity contribution in [3.05, 3.63) is 35.9 Å². The van der Waals surface area contributed by atoms with E-state index in [2.05, 4.69) is 10.6 Å². The smallest absolute Gasteiger partial charge is 0.408 e. The molecule has 0 saturated heterocycles. The first-order chi connectivity index (χ1) is 13.4. The monoisotopic (exact) mass is 410 g/mol. The molecule has 0 fully saturated rings. The number of benzene rings is 1. The molecule has 0 aromatic heterocycles. The minimum Gasteiger partial charge on any atom is -0.467 e. The van der Waals surface area contributed by atoms with Crippen molar-refractivity contribution in [3.8, 4) is 0 Å². The molecule has 0 radical (unpaired) electrons. The Morgan fingerprint density at radius 3 is 2.39 bits per heavy atom. The number of esters is 1. The largest absolute Gasteiger partial charge is 0.467 e. The number of carbonyl (C=O) groups is 3. The second kappa shape index (κ2) is 13.0. The number of rotatable bonds is 11. The molecule has 156 valence electrons. The first kappa shape index (κ1) is 23.8. The Labute approximate surface area is 170 Å². The highest BCUT2D eigenvalue weighted by Crippen LogP contribution is 2.11. The summed E-state index contributed by atoms with van der Waals surface area (Å²) in [5.74, 6) is -0.372. The molecule has 0 aliphatic rings. The molecule has 0 unspecified atom stereocenters. The zero-order valence-electron chi connectivity index (χ0n) is 16.9. The lowest BCUT2D eigenvalue weighted by atomic mass is 9.98. The van der Waals surface area contributed by atoms with Crippen molar-refractivity contribution < 1.29 is 23.9 Å². The van der Waals surface area contributed by atoms with Crippen molar-refractivity contribution >= 4 is 29.7 Å². The van der Waals surface area contributed by atoms with E-state index < -0.39 is 30.1 Å². The Morgan fingerprint density at radius 1 is 1.14 bits per heavy atom. The number of amides is 2. The molecule has 0 heterocycles. The normalized spacial score (nSPS) is 13.7. The lowest BCUT2D eigenvalue weighted by Gasteiger charge is -2.25.